The number of carbonyl (C=O) groups is 2. The first-order chi connectivity index (χ1) is 15.5. The normalized spacial score (nSPS) is 20.1. The summed E-state index contributed by atoms with van der Waals surface area (Å²) in [5.41, 5.74) is 4.09. The van der Waals surface area contributed by atoms with Gasteiger partial charge in [0.1, 0.15) is 5.82 Å². The molecule has 4 nitrogen and oxygen atoms in total. The molecule has 5 heteroatoms. The van der Waals surface area contributed by atoms with Gasteiger partial charge in [0.25, 0.3) is 5.91 Å². The second kappa shape index (κ2) is 8.23. The molecule has 0 spiro atoms. The van der Waals surface area contributed by atoms with Crippen molar-refractivity contribution in [3.05, 3.63) is 106 Å². The number of nitrogens with zero attached hydrogens (tertiary/aromatic N) is 1. The van der Waals surface area contributed by atoms with Crippen LogP contribution in [0.15, 0.2) is 72.8 Å². The van der Waals surface area contributed by atoms with E-state index in [1.807, 2.05) is 54.3 Å². The molecule has 1 saturated carbocycles. The van der Waals surface area contributed by atoms with Gasteiger partial charge in [0.2, 0.25) is 5.91 Å². The molecule has 3 aromatic rings. The number of aryl methyl sites for hydroxylation is 1. The SMILES string of the molecule is Cc1cccc(C2C(C(=O)NCc3cccc(F)c3)c3ccccc3C(=O)N2C2CC2)c1. The van der Waals surface area contributed by atoms with Gasteiger partial charge in [-0.3, -0.25) is 9.59 Å². The van der Waals surface area contributed by atoms with Gasteiger partial charge in [-0.25, -0.2) is 4.39 Å². The van der Waals surface area contributed by atoms with Gasteiger partial charge < -0.3 is 10.2 Å². The molecule has 3 aromatic carbocycles. The Morgan fingerprint density at radius 3 is 2.56 bits per heavy atom. The quantitative estimate of drug-likeness (QED) is 0.629. The van der Waals surface area contributed by atoms with Crippen LogP contribution in [0.1, 0.15) is 57.4 Å². The molecule has 0 aromatic heterocycles. The molecule has 0 radical (unpaired) electrons. The van der Waals surface area contributed by atoms with Crippen LogP contribution in [-0.2, 0) is 11.3 Å². The van der Waals surface area contributed by atoms with Crippen LogP contribution in [-0.4, -0.2) is 22.8 Å². The number of fused-ring (bicyclic) bond motifs is 1. The van der Waals surface area contributed by atoms with E-state index in [0.717, 1.165) is 29.5 Å². The van der Waals surface area contributed by atoms with Crippen LogP contribution in [0, 0.1) is 12.7 Å². The second-order valence-corrected chi connectivity index (χ2v) is 8.72. The standard InChI is InChI=1S/C27H25FN2O2/c1-17-6-4-8-19(14-17)25-24(26(31)29-16-18-7-5-9-20(28)15-18)22-10-2-3-11-23(22)27(32)30(25)21-12-13-21/h2-11,14-15,21,24-25H,12-13,16H2,1H3,(H,29,31). The van der Waals surface area contributed by atoms with Crippen LogP contribution in [0.4, 0.5) is 4.39 Å². The van der Waals surface area contributed by atoms with E-state index < -0.39 is 5.92 Å². The summed E-state index contributed by atoms with van der Waals surface area (Å²) >= 11 is 0. The van der Waals surface area contributed by atoms with E-state index in [1.54, 1.807) is 12.1 Å². The summed E-state index contributed by atoms with van der Waals surface area (Å²) in [6, 6.07) is 21.5. The molecule has 162 valence electrons. The van der Waals surface area contributed by atoms with Gasteiger partial charge in [0.15, 0.2) is 0 Å². The maximum absolute atomic E-state index is 13.6. The molecule has 5 rings (SSSR count). The summed E-state index contributed by atoms with van der Waals surface area (Å²) in [4.78, 5) is 29.1. The highest BCUT2D eigenvalue weighted by Crippen LogP contribution is 2.47. The Morgan fingerprint density at radius 2 is 1.81 bits per heavy atom. The van der Waals surface area contributed by atoms with E-state index >= 15 is 0 Å². The van der Waals surface area contributed by atoms with Crippen molar-refractivity contribution in [2.75, 3.05) is 0 Å². The maximum Gasteiger partial charge on any atom is 0.254 e. The molecule has 2 unspecified atom stereocenters. The first-order valence-electron chi connectivity index (χ1n) is 11.0. The number of hydrogen-bond acceptors (Lipinski definition) is 2. The lowest BCUT2D eigenvalue weighted by molar-refractivity contribution is -0.124. The minimum atomic E-state index is -0.542. The van der Waals surface area contributed by atoms with E-state index in [-0.39, 0.29) is 36.3 Å². The predicted octanol–water partition coefficient (Wildman–Crippen LogP) is 4.89. The smallest absolute Gasteiger partial charge is 0.254 e. The summed E-state index contributed by atoms with van der Waals surface area (Å²) in [6.07, 6.45) is 1.90. The van der Waals surface area contributed by atoms with Crippen molar-refractivity contribution in [1.82, 2.24) is 10.2 Å². The number of nitrogens with one attached hydrogen (secondary N) is 1. The molecule has 2 atom stereocenters. The van der Waals surface area contributed by atoms with Crippen molar-refractivity contribution in [3.63, 3.8) is 0 Å². The minimum absolute atomic E-state index is 0.0104. The Morgan fingerprint density at radius 1 is 1.03 bits per heavy atom. The van der Waals surface area contributed by atoms with Crippen molar-refractivity contribution in [3.8, 4) is 0 Å². The van der Waals surface area contributed by atoms with Crippen molar-refractivity contribution in [2.24, 2.45) is 0 Å². The Hall–Kier alpha value is -3.47. The van der Waals surface area contributed by atoms with Gasteiger partial charge in [-0.15, -0.1) is 0 Å². The van der Waals surface area contributed by atoms with E-state index in [1.165, 1.54) is 12.1 Å². The van der Waals surface area contributed by atoms with Gasteiger partial charge in [-0.05, 0) is 54.7 Å². The zero-order chi connectivity index (χ0) is 22.2. The van der Waals surface area contributed by atoms with E-state index in [0.29, 0.717) is 11.1 Å². The number of hydrogen-bond donors (Lipinski definition) is 1. The van der Waals surface area contributed by atoms with Crippen molar-refractivity contribution >= 4 is 11.8 Å². The topological polar surface area (TPSA) is 49.4 Å². The predicted molar refractivity (Wildman–Crippen MR) is 121 cm³/mol. The first kappa shape index (κ1) is 20.4. The molecule has 1 aliphatic carbocycles. The molecule has 1 heterocycles. The average molecular weight is 429 g/mol. The number of amides is 2. The molecule has 2 amide bonds. The summed E-state index contributed by atoms with van der Waals surface area (Å²) < 4.78 is 13.6. The van der Waals surface area contributed by atoms with Gasteiger partial charge >= 0.3 is 0 Å². The fourth-order valence-electron chi connectivity index (χ4n) is 4.74. The second-order valence-electron chi connectivity index (χ2n) is 8.72. The Labute approximate surface area is 187 Å². The molecule has 0 bridgehead atoms. The van der Waals surface area contributed by atoms with Crippen LogP contribution >= 0.6 is 0 Å². The Bertz CT molecular complexity index is 1190. The first-order valence-corrected chi connectivity index (χ1v) is 11.0. The third kappa shape index (κ3) is 3.79. The highest BCUT2D eigenvalue weighted by Gasteiger charge is 2.48. The average Bonchev–Trinajstić information content (AvgIpc) is 3.62. The molecule has 2 aliphatic rings. The molecule has 1 N–H and O–H groups in total. The molecule has 1 aliphatic heterocycles. The van der Waals surface area contributed by atoms with E-state index in [9.17, 15) is 14.0 Å². The zero-order valence-corrected chi connectivity index (χ0v) is 17.9. The van der Waals surface area contributed by atoms with Crippen LogP contribution in [0.3, 0.4) is 0 Å². The monoisotopic (exact) mass is 428 g/mol. The fourth-order valence-corrected chi connectivity index (χ4v) is 4.74. The third-order valence-electron chi connectivity index (χ3n) is 6.34. The molecular formula is C27H25FN2O2. The minimum Gasteiger partial charge on any atom is -0.351 e. The van der Waals surface area contributed by atoms with E-state index in [2.05, 4.69) is 11.4 Å². The van der Waals surface area contributed by atoms with Crippen LogP contribution in [0.5, 0.6) is 0 Å². The molecular weight excluding hydrogens is 403 g/mol. The largest absolute Gasteiger partial charge is 0.351 e. The van der Waals surface area contributed by atoms with Gasteiger partial charge in [0, 0.05) is 18.2 Å². The number of carbonyl (C=O) groups excluding carboxylic acids is 2. The van der Waals surface area contributed by atoms with Crippen molar-refractivity contribution < 1.29 is 14.0 Å². The number of rotatable bonds is 5. The summed E-state index contributed by atoms with van der Waals surface area (Å²) in [6.45, 7) is 2.25. The van der Waals surface area contributed by atoms with Gasteiger partial charge in [-0.2, -0.15) is 0 Å². The summed E-state index contributed by atoms with van der Waals surface area (Å²) in [7, 11) is 0. The highest BCUT2D eigenvalue weighted by molar-refractivity contribution is 6.01. The van der Waals surface area contributed by atoms with Crippen LogP contribution in [0.25, 0.3) is 0 Å². The Kier molecular flexibility index (Phi) is 5.25. The van der Waals surface area contributed by atoms with Gasteiger partial charge in [-0.1, -0.05) is 60.2 Å². The van der Waals surface area contributed by atoms with Crippen LogP contribution in [0.2, 0.25) is 0 Å². The third-order valence-corrected chi connectivity index (χ3v) is 6.34. The fraction of sp³-hybridized carbons (Fsp3) is 0.259. The van der Waals surface area contributed by atoms with Crippen molar-refractivity contribution in [1.29, 1.82) is 0 Å². The zero-order valence-electron chi connectivity index (χ0n) is 17.9. The highest BCUT2D eigenvalue weighted by atomic mass is 19.1. The van der Waals surface area contributed by atoms with Gasteiger partial charge in [0.05, 0.1) is 12.0 Å². The lowest BCUT2D eigenvalue weighted by Gasteiger charge is -2.42. The summed E-state index contributed by atoms with van der Waals surface area (Å²) in [5.74, 6) is -1.04. The van der Waals surface area contributed by atoms with Crippen LogP contribution < -0.4 is 5.32 Å². The molecule has 1 fully saturated rings. The summed E-state index contributed by atoms with van der Waals surface area (Å²) in [5, 5.41) is 3.00. The Balaban J connectivity index is 1.56. The number of benzene rings is 3. The number of halogens is 1. The molecule has 0 saturated heterocycles. The van der Waals surface area contributed by atoms with Crippen molar-refractivity contribution in [2.45, 2.75) is 44.3 Å². The molecule has 32 heavy (non-hydrogen) atoms. The maximum atomic E-state index is 13.6. The van der Waals surface area contributed by atoms with E-state index in [4.69, 9.17) is 0 Å². The lowest BCUT2D eigenvalue weighted by atomic mass is 9.78. The lowest BCUT2D eigenvalue weighted by Crippen LogP contribution is -2.48.